The summed E-state index contributed by atoms with van der Waals surface area (Å²) in [7, 11) is 1.64. The van der Waals surface area contributed by atoms with Gasteiger partial charge in [-0.1, -0.05) is 42.1 Å². The lowest BCUT2D eigenvalue weighted by Gasteiger charge is -2.14. The largest absolute Gasteiger partial charge is 0.497 e. The average molecular weight is 423 g/mol. The van der Waals surface area contributed by atoms with Crippen LogP contribution >= 0.6 is 11.8 Å². The molecule has 0 N–H and O–H groups in total. The van der Waals surface area contributed by atoms with E-state index in [2.05, 4.69) is 24.3 Å². The van der Waals surface area contributed by atoms with Gasteiger partial charge in [-0.15, -0.1) is 0 Å². The zero-order valence-electron chi connectivity index (χ0n) is 17.2. The Morgan fingerprint density at radius 3 is 2.57 bits per heavy atom. The van der Waals surface area contributed by atoms with Gasteiger partial charge in [0.2, 0.25) is 0 Å². The van der Waals surface area contributed by atoms with Crippen molar-refractivity contribution < 1.29 is 9.47 Å². The minimum atomic E-state index is 0.0954. The van der Waals surface area contributed by atoms with E-state index in [0.717, 1.165) is 59.3 Å². The molecule has 0 radical (unpaired) electrons. The summed E-state index contributed by atoms with van der Waals surface area (Å²) in [5.74, 6) is 2.43. The number of aryl methyl sites for hydroxylation is 2. The van der Waals surface area contributed by atoms with Gasteiger partial charge in [-0.25, -0.2) is 4.98 Å². The Hall–Kier alpha value is -2.73. The van der Waals surface area contributed by atoms with Crippen molar-refractivity contribution >= 4 is 11.8 Å². The minimum Gasteiger partial charge on any atom is -0.497 e. The molecular formula is C24H26N2O3S. The van der Waals surface area contributed by atoms with Gasteiger partial charge in [-0.05, 0) is 55.5 Å². The number of hydrogen-bond donors (Lipinski definition) is 0. The van der Waals surface area contributed by atoms with E-state index in [1.807, 2.05) is 30.3 Å². The Morgan fingerprint density at radius 1 is 1.03 bits per heavy atom. The maximum absolute atomic E-state index is 13.1. The molecule has 0 spiro atoms. The van der Waals surface area contributed by atoms with Gasteiger partial charge >= 0.3 is 0 Å². The quantitative estimate of drug-likeness (QED) is 0.383. The van der Waals surface area contributed by atoms with Crippen molar-refractivity contribution in [2.24, 2.45) is 0 Å². The van der Waals surface area contributed by atoms with Gasteiger partial charge in [0.05, 0.1) is 19.3 Å². The molecule has 2 aromatic carbocycles. The molecule has 1 aromatic heterocycles. The van der Waals surface area contributed by atoms with E-state index in [1.165, 1.54) is 5.56 Å². The Balaban J connectivity index is 1.45. The van der Waals surface area contributed by atoms with Crippen LogP contribution < -0.4 is 15.0 Å². The molecule has 6 heteroatoms. The number of methoxy groups -OCH3 is 1. The Bertz CT molecular complexity index is 1030. The summed E-state index contributed by atoms with van der Waals surface area (Å²) in [4.78, 5) is 17.9. The van der Waals surface area contributed by atoms with Crippen LogP contribution in [0.4, 0.5) is 0 Å². The first-order chi connectivity index (χ1) is 14.7. The first-order valence-corrected chi connectivity index (χ1v) is 11.3. The van der Waals surface area contributed by atoms with E-state index in [4.69, 9.17) is 14.5 Å². The van der Waals surface area contributed by atoms with Crippen LogP contribution in [0.3, 0.4) is 0 Å². The maximum Gasteiger partial charge on any atom is 0.257 e. The molecule has 0 fully saturated rings. The number of fused-ring (bicyclic) bond motifs is 1. The first kappa shape index (κ1) is 20.5. The number of nitrogens with zero attached hydrogens (tertiary/aromatic N) is 2. The summed E-state index contributed by atoms with van der Waals surface area (Å²) in [5.41, 5.74) is 3.25. The summed E-state index contributed by atoms with van der Waals surface area (Å²) in [6, 6.07) is 17.9. The fourth-order valence-corrected chi connectivity index (χ4v) is 4.67. The first-order valence-electron chi connectivity index (χ1n) is 10.3. The molecule has 0 atom stereocenters. The van der Waals surface area contributed by atoms with Crippen molar-refractivity contribution in [3.05, 3.63) is 81.8 Å². The fraction of sp³-hybridized carbons (Fsp3) is 0.333. The molecule has 0 bridgehead atoms. The van der Waals surface area contributed by atoms with Crippen LogP contribution in [0.2, 0.25) is 0 Å². The zero-order chi connectivity index (χ0) is 20.8. The van der Waals surface area contributed by atoms with E-state index in [1.54, 1.807) is 23.4 Å². The van der Waals surface area contributed by atoms with Crippen LogP contribution in [0.25, 0.3) is 0 Å². The van der Waals surface area contributed by atoms with Gasteiger partial charge in [0.25, 0.3) is 5.56 Å². The maximum atomic E-state index is 13.1. The van der Waals surface area contributed by atoms with E-state index in [0.29, 0.717) is 13.2 Å². The van der Waals surface area contributed by atoms with Crippen LogP contribution in [0.1, 0.15) is 23.2 Å². The van der Waals surface area contributed by atoms with Crippen molar-refractivity contribution in [2.75, 3.05) is 19.5 Å². The molecular weight excluding hydrogens is 396 g/mol. The Kier molecular flexibility index (Phi) is 6.74. The molecule has 1 heterocycles. The van der Waals surface area contributed by atoms with Crippen molar-refractivity contribution in [2.45, 2.75) is 37.4 Å². The standard InChI is InChI=1S/C24H26N2O3S/c1-28-19-10-12-20(13-11-19)29-16-15-26-23(27)21-8-5-9-22(21)25-24(26)30-17-14-18-6-3-2-4-7-18/h2-4,6-7,10-13H,5,8-9,14-17H2,1H3. The molecule has 3 aromatic rings. The number of rotatable bonds is 9. The number of aromatic nitrogens is 2. The highest BCUT2D eigenvalue weighted by Gasteiger charge is 2.21. The lowest BCUT2D eigenvalue weighted by atomic mass is 10.2. The van der Waals surface area contributed by atoms with E-state index in [9.17, 15) is 4.79 Å². The van der Waals surface area contributed by atoms with Crippen molar-refractivity contribution in [3.8, 4) is 11.5 Å². The highest BCUT2D eigenvalue weighted by molar-refractivity contribution is 7.99. The normalized spacial score (nSPS) is 12.6. The van der Waals surface area contributed by atoms with Gasteiger partial charge < -0.3 is 9.47 Å². The van der Waals surface area contributed by atoms with Crippen LogP contribution in [0, 0.1) is 0 Å². The van der Waals surface area contributed by atoms with Gasteiger partial charge in [0.15, 0.2) is 5.16 Å². The topological polar surface area (TPSA) is 53.4 Å². The molecule has 5 nitrogen and oxygen atoms in total. The molecule has 156 valence electrons. The van der Waals surface area contributed by atoms with E-state index >= 15 is 0 Å². The molecule has 1 aliphatic rings. The van der Waals surface area contributed by atoms with Crippen LogP contribution in [0.15, 0.2) is 64.5 Å². The third kappa shape index (κ3) is 4.87. The molecule has 0 saturated heterocycles. The van der Waals surface area contributed by atoms with E-state index in [-0.39, 0.29) is 5.56 Å². The lowest BCUT2D eigenvalue weighted by Crippen LogP contribution is -2.29. The Morgan fingerprint density at radius 2 is 1.80 bits per heavy atom. The predicted octanol–water partition coefficient (Wildman–Crippen LogP) is 4.15. The van der Waals surface area contributed by atoms with E-state index < -0.39 is 0 Å². The molecule has 0 saturated carbocycles. The second kappa shape index (κ2) is 9.85. The van der Waals surface area contributed by atoms with Gasteiger partial charge in [-0.3, -0.25) is 9.36 Å². The van der Waals surface area contributed by atoms with Crippen molar-refractivity contribution in [3.63, 3.8) is 0 Å². The van der Waals surface area contributed by atoms with Gasteiger partial charge in [0, 0.05) is 11.3 Å². The molecule has 1 aliphatic carbocycles. The number of benzene rings is 2. The fourth-order valence-electron chi connectivity index (χ4n) is 3.65. The highest BCUT2D eigenvalue weighted by Crippen LogP contribution is 2.23. The molecule has 0 aliphatic heterocycles. The third-order valence-electron chi connectivity index (χ3n) is 5.26. The van der Waals surface area contributed by atoms with Gasteiger partial charge in [-0.2, -0.15) is 0 Å². The van der Waals surface area contributed by atoms with Crippen molar-refractivity contribution in [1.82, 2.24) is 9.55 Å². The summed E-state index contributed by atoms with van der Waals surface area (Å²) in [6.07, 6.45) is 3.69. The molecule has 30 heavy (non-hydrogen) atoms. The van der Waals surface area contributed by atoms with Crippen LogP contribution in [-0.2, 0) is 25.8 Å². The summed E-state index contributed by atoms with van der Waals surface area (Å²) < 4.78 is 12.8. The summed E-state index contributed by atoms with van der Waals surface area (Å²) in [5, 5.41) is 0.801. The molecule has 0 amide bonds. The predicted molar refractivity (Wildman–Crippen MR) is 120 cm³/mol. The number of hydrogen-bond acceptors (Lipinski definition) is 5. The second-order valence-corrected chi connectivity index (χ2v) is 8.30. The van der Waals surface area contributed by atoms with Crippen LogP contribution in [0.5, 0.6) is 11.5 Å². The molecule has 0 unspecified atom stereocenters. The highest BCUT2D eigenvalue weighted by atomic mass is 32.2. The number of ether oxygens (including phenoxy) is 2. The Labute approximate surface area is 181 Å². The summed E-state index contributed by atoms with van der Waals surface area (Å²) in [6.45, 7) is 0.901. The zero-order valence-corrected chi connectivity index (χ0v) is 18.0. The summed E-state index contributed by atoms with van der Waals surface area (Å²) >= 11 is 1.65. The molecule has 4 rings (SSSR count). The smallest absolute Gasteiger partial charge is 0.257 e. The number of thioether (sulfide) groups is 1. The van der Waals surface area contributed by atoms with Crippen molar-refractivity contribution in [1.29, 1.82) is 0 Å². The monoisotopic (exact) mass is 422 g/mol. The average Bonchev–Trinajstić information content (AvgIpc) is 3.26. The SMILES string of the molecule is COc1ccc(OCCn2c(SCCc3ccccc3)nc3c(c2=O)CCC3)cc1. The minimum absolute atomic E-state index is 0.0954. The lowest BCUT2D eigenvalue weighted by molar-refractivity contribution is 0.288. The third-order valence-corrected chi connectivity index (χ3v) is 6.24. The van der Waals surface area contributed by atoms with Crippen LogP contribution in [-0.4, -0.2) is 29.0 Å². The van der Waals surface area contributed by atoms with Gasteiger partial charge in [0.1, 0.15) is 18.1 Å². The second-order valence-electron chi connectivity index (χ2n) is 7.24.